The van der Waals surface area contributed by atoms with Gasteiger partial charge in [-0.3, -0.25) is 9.59 Å². The highest BCUT2D eigenvalue weighted by Crippen LogP contribution is 2.41. The van der Waals surface area contributed by atoms with Crippen LogP contribution in [-0.2, 0) is 41.9 Å². The minimum atomic E-state index is -5.08. The minimum absolute atomic E-state index is 0.0563. The third-order valence-electron chi connectivity index (χ3n) is 10.6. The van der Waals surface area contributed by atoms with Crippen molar-refractivity contribution >= 4 is 47.7 Å². The van der Waals surface area contributed by atoms with Gasteiger partial charge in [0.1, 0.15) is 12.6 Å². The van der Waals surface area contributed by atoms with Gasteiger partial charge in [0.05, 0.1) is 11.4 Å². The van der Waals surface area contributed by atoms with Crippen LogP contribution in [-0.4, -0.2) is 104 Å². The molecular formula is C40H62F6N6O8. The number of nitrogens with zero attached hydrogens (tertiary/aromatic N) is 3. The molecule has 8 N–H and O–H groups in total. The smallest absolute Gasteiger partial charge is 0.475 e. The van der Waals surface area contributed by atoms with E-state index in [0.29, 0.717) is 80.4 Å². The van der Waals surface area contributed by atoms with Crippen LogP contribution < -0.4 is 27.0 Å². The van der Waals surface area contributed by atoms with Crippen molar-refractivity contribution < 1.29 is 65.3 Å². The maximum Gasteiger partial charge on any atom is 0.490 e. The van der Waals surface area contributed by atoms with E-state index in [2.05, 4.69) is 19.0 Å². The van der Waals surface area contributed by atoms with Gasteiger partial charge in [-0.25, -0.2) is 9.59 Å². The normalized spacial score (nSPS) is 19.2. The van der Waals surface area contributed by atoms with E-state index in [4.69, 9.17) is 37.0 Å². The number of anilines is 2. The zero-order valence-electron chi connectivity index (χ0n) is 34.4. The molecule has 0 radical (unpaired) electrons. The number of carbonyl (C=O) groups excluding carboxylic acids is 4. The number of unbranched alkanes of at least 4 members (excludes halogenated alkanes) is 2. The first kappa shape index (κ1) is 53.9. The fraction of sp³-hybridized carbons (Fsp3) is 0.700. The van der Waals surface area contributed by atoms with Crippen LogP contribution in [0.15, 0.2) is 12.1 Å². The van der Waals surface area contributed by atoms with Gasteiger partial charge in [0.2, 0.25) is 11.8 Å². The zero-order valence-corrected chi connectivity index (χ0v) is 34.4. The highest BCUT2D eigenvalue weighted by molar-refractivity contribution is 6.04. The van der Waals surface area contributed by atoms with Crippen LogP contribution in [0.25, 0.3) is 0 Å². The Morgan fingerprint density at radius 1 is 0.617 bits per heavy atom. The van der Waals surface area contributed by atoms with Crippen LogP contribution in [0.4, 0.5) is 37.7 Å². The van der Waals surface area contributed by atoms with Crippen molar-refractivity contribution in [3.8, 4) is 0 Å². The van der Waals surface area contributed by atoms with Crippen LogP contribution in [0.5, 0.6) is 0 Å². The molecule has 0 bridgehead atoms. The van der Waals surface area contributed by atoms with E-state index in [-0.39, 0.29) is 37.7 Å². The molecule has 342 valence electrons. The van der Waals surface area contributed by atoms with Gasteiger partial charge in [-0.1, -0.05) is 12.1 Å². The second-order valence-corrected chi connectivity index (χ2v) is 15.5. The van der Waals surface area contributed by atoms with Crippen molar-refractivity contribution in [1.82, 2.24) is 4.90 Å². The number of carbonyl (C=O) groups is 6. The van der Waals surface area contributed by atoms with E-state index in [0.717, 1.165) is 81.6 Å². The number of amides is 2. The number of aliphatic carboxylic acids is 2. The summed E-state index contributed by atoms with van der Waals surface area (Å²) < 4.78 is 63.5. The third-order valence-corrected chi connectivity index (χ3v) is 10.6. The first-order valence-corrected chi connectivity index (χ1v) is 20.1. The van der Waals surface area contributed by atoms with E-state index in [9.17, 15) is 45.5 Å². The van der Waals surface area contributed by atoms with Gasteiger partial charge in [0, 0.05) is 58.4 Å². The van der Waals surface area contributed by atoms with Crippen molar-refractivity contribution in [3.05, 3.63) is 23.3 Å². The van der Waals surface area contributed by atoms with Crippen LogP contribution in [0.1, 0.15) is 101 Å². The van der Waals surface area contributed by atoms with E-state index in [1.54, 1.807) is 0 Å². The minimum Gasteiger partial charge on any atom is -0.475 e. The maximum atomic E-state index is 14.2. The molecule has 14 nitrogen and oxygen atoms in total. The third kappa shape index (κ3) is 19.1. The monoisotopic (exact) mass is 868 g/mol. The summed E-state index contributed by atoms with van der Waals surface area (Å²) in [4.78, 5) is 74.4. The lowest BCUT2D eigenvalue weighted by Crippen LogP contribution is -2.42. The number of rotatable bonds is 19. The topological polar surface area (TPSA) is 231 Å². The molecule has 1 aromatic rings. The first-order valence-electron chi connectivity index (χ1n) is 20.1. The van der Waals surface area contributed by atoms with Gasteiger partial charge < -0.3 is 51.7 Å². The number of carboxylic acids is 2. The Balaban J connectivity index is 0.00000110. The lowest BCUT2D eigenvalue weighted by atomic mass is 9.81. The molecule has 0 spiro atoms. The number of nitrogens with two attached hydrogens (primary N) is 3. The summed E-state index contributed by atoms with van der Waals surface area (Å²) in [6.07, 6.45) is 1.89. The second kappa shape index (κ2) is 26.9. The quantitative estimate of drug-likeness (QED) is 0.0668. The Labute approximate surface area is 347 Å². The Bertz CT molecular complexity index is 1490. The molecule has 2 fully saturated rings. The number of hydrogen-bond donors (Lipinski definition) is 5. The van der Waals surface area contributed by atoms with Gasteiger partial charge in [0.25, 0.3) is 0 Å². The van der Waals surface area contributed by atoms with Crippen LogP contribution in [0.2, 0.25) is 0 Å². The number of benzene rings is 1. The van der Waals surface area contributed by atoms with Crippen molar-refractivity contribution in [1.29, 1.82) is 0 Å². The SMILES string of the molecule is CN(C)CC1CCC(CN(C(=O)CCCC=O)c2c(CN)ccc(CN)c2N(CC2CCC(CN)CC2)C(=O)CCCC=O)CC1.O=C(O)C(F)(F)F.O=C(O)C(F)(F)F. The number of alkyl halides is 6. The highest BCUT2D eigenvalue weighted by atomic mass is 19.4. The summed E-state index contributed by atoms with van der Waals surface area (Å²) in [5.41, 5.74) is 21.7. The molecule has 2 aliphatic carbocycles. The van der Waals surface area contributed by atoms with Gasteiger partial charge >= 0.3 is 24.3 Å². The number of carboxylic acid groups (broad SMARTS) is 2. The standard InChI is InChI=1S/C36H60N6O4.2C2HF3O2/c1-40(2)24-28-13-15-30(16-14-28)26-42(34(46)8-4-6-20-44)36-32(23-39)18-17-31(22-38)35(36)41(33(45)7-3-5-19-43)25-29-11-9-27(21-37)10-12-29;2*3-2(4,5)1(6)7/h17-20,27-30H,3-16,21-26,37-39H2,1-2H3;2*(H,6,7). The molecule has 1 aromatic carbocycles. The fourth-order valence-corrected chi connectivity index (χ4v) is 7.45. The molecule has 0 unspecified atom stereocenters. The maximum absolute atomic E-state index is 14.2. The summed E-state index contributed by atoms with van der Waals surface area (Å²) in [6.45, 7) is 3.21. The van der Waals surface area contributed by atoms with Gasteiger partial charge in [-0.05, 0) is 120 Å². The highest BCUT2D eigenvalue weighted by Gasteiger charge is 2.39. The van der Waals surface area contributed by atoms with Gasteiger partial charge in [-0.2, -0.15) is 26.3 Å². The van der Waals surface area contributed by atoms with Crippen LogP contribution >= 0.6 is 0 Å². The lowest BCUT2D eigenvalue weighted by molar-refractivity contribution is -0.193. The molecule has 2 amide bonds. The number of halogens is 6. The van der Waals surface area contributed by atoms with E-state index >= 15 is 0 Å². The summed E-state index contributed by atoms with van der Waals surface area (Å²) >= 11 is 0. The van der Waals surface area contributed by atoms with Gasteiger partial charge in [-0.15, -0.1) is 0 Å². The van der Waals surface area contributed by atoms with Crippen LogP contribution in [0.3, 0.4) is 0 Å². The van der Waals surface area contributed by atoms with E-state index in [1.165, 1.54) is 0 Å². The predicted octanol–water partition coefficient (Wildman–Crippen LogP) is 5.41. The molecule has 0 saturated heterocycles. The Morgan fingerprint density at radius 2 is 0.917 bits per heavy atom. The second-order valence-electron chi connectivity index (χ2n) is 15.5. The molecule has 0 atom stereocenters. The van der Waals surface area contributed by atoms with E-state index < -0.39 is 24.3 Å². The predicted molar refractivity (Wildman–Crippen MR) is 213 cm³/mol. The summed E-state index contributed by atoms with van der Waals surface area (Å²) in [5.74, 6) is -3.87. The zero-order chi connectivity index (χ0) is 45.6. The molecule has 0 aliphatic heterocycles. The van der Waals surface area contributed by atoms with Crippen LogP contribution in [0, 0.1) is 23.7 Å². The summed E-state index contributed by atoms with van der Waals surface area (Å²) in [6, 6.07) is 3.89. The molecular weight excluding hydrogens is 806 g/mol. The Kier molecular flexibility index (Phi) is 24.2. The number of aldehydes is 2. The van der Waals surface area contributed by atoms with E-state index in [1.807, 2.05) is 21.9 Å². The molecule has 20 heteroatoms. The van der Waals surface area contributed by atoms with Gasteiger partial charge in [0.15, 0.2) is 0 Å². The molecule has 60 heavy (non-hydrogen) atoms. The average molecular weight is 869 g/mol. The summed E-state index contributed by atoms with van der Waals surface area (Å²) in [5, 5.41) is 14.2. The average Bonchev–Trinajstić information content (AvgIpc) is 3.19. The first-order chi connectivity index (χ1) is 28.1. The Hall–Kier alpha value is -4.14. The largest absolute Gasteiger partial charge is 0.490 e. The Morgan fingerprint density at radius 3 is 1.17 bits per heavy atom. The van der Waals surface area contributed by atoms with Crippen molar-refractivity contribution in [2.75, 3.05) is 50.1 Å². The summed E-state index contributed by atoms with van der Waals surface area (Å²) in [7, 11) is 4.23. The number of hydrogen-bond acceptors (Lipinski definition) is 10. The lowest BCUT2D eigenvalue weighted by Gasteiger charge is -2.39. The molecule has 0 heterocycles. The fourth-order valence-electron chi connectivity index (χ4n) is 7.45. The molecule has 3 rings (SSSR count). The molecule has 2 aliphatic rings. The van der Waals surface area contributed by atoms with Crippen molar-refractivity contribution in [3.63, 3.8) is 0 Å². The van der Waals surface area contributed by atoms with Crippen molar-refractivity contribution in [2.45, 2.75) is 115 Å². The molecule has 0 aromatic heterocycles. The van der Waals surface area contributed by atoms with Crippen molar-refractivity contribution in [2.24, 2.45) is 40.9 Å². The molecule has 2 saturated carbocycles.